The van der Waals surface area contributed by atoms with Gasteiger partial charge >= 0.3 is 0 Å². The number of likely N-dealkylation sites (N-methyl/N-ethyl adjacent to an activating group) is 1. The fraction of sp³-hybridized carbons (Fsp3) is 0.846. The van der Waals surface area contributed by atoms with Crippen molar-refractivity contribution < 1.29 is 10.2 Å². The van der Waals surface area contributed by atoms with Crippen LogP contribution in [0, 0.1) is 17.8 Å². The van der Waals surface area contributed by atoms with E-state index in [-0.39, 0.29) is 18.1 Å². The average molecular weight is 419 g/mol. The van der Waals surface area contributed by atoms with Gasteiger partial charge in [-0.15, -0.1) is 0 Å². The Hall–Kier alpha value is -0.680. The van der Waals surface area contributed by atoms with Gasteiger partial charge in [0.05, 0.1) is 12.2 Å². The molecule has 0 aromatic carbocycles. The maximum Gasteiger partial charge on any atom is 0.0721 e. The van der Waals surface area contributed by atoms with Gasteiger partial charge in [0.15, 0.2) is 0 Å². The highest BCUT2D eigenvalue weighted by molar-refractivity contribution is 5.21. The van der Waals surface area contributed by atoms with Crippen molar-refractivity contribution >= 4 is 0 Å². The number of allylic oxidation sites excluding steroid dienone is 2. The van der Waals surface area contributed by atoms with E-state index in [0.29, 0.717) is 11.8 Å². The van der Waals surface area contributed by atoms with Crippen molar-refractivity contribution in [2.45, 2.75) is 83.3 Å². The lowest BCUT2D eigenvalue weighted by molar-refractivity contribution is 0.139. The third kappa shape index (κ3) is 7.19. The number of piperazine rings is 1. The third-order valence-electron chi connectivity index (χ3n) is 7.68. The molecule has 1 saturated heterocycles. The van der Waals surface area contributed by atoms with Crippen molar-refractivity contribution in [2.75, 3.05) is 39.8 Å². The summed E-state index contributed by atoms with van der Waals surface area (Å²) in [6.45, 7) is 8.35. The van der Waals surface area contributed by atoms with Gasteiger partial charge in [0, 0.05) is 32.1 Å². The first-order valence-electron chi connectivity index (χ1n) is 12.7. The monoisotopic (exact) mass is 418 g/mol. The minimum absolute atomic E-state index is 0.224. The molecule has 4 nitrogen and oxygen atoms in total. The summed E-state index contributed by atoms with van der Waals surface area (Å²) < 4.78 is 0. The third-order valence-corrected chi connectivity index (χ3v) is 7.68. The van der Waals surface area contributed by atoms with E-state index in [1.807, 2.05) is 6.08 Å². The highest BCUT2D eigenvalue weighted by atomic mass is 16.3. The van der Waals surface area contributed by atoms with Crippen LogP contribution < -0.4 is 0 Å². The first kappa shape index (κ1) is 24.0. The Morgan fingerprint density at radius 3 is 2.67 bits per heavy atom. The zero-order valence-corrected chi connectivity index (χ0v) is 19.5. The van der Waals surface area contributed by atoms with Crippen LogP contribution in [0.1, 0.15) is 71.1 Å². The van der Waals surface area contributed by atoms with Crippen LogP contribution in [0.15, 0.2) is 23.8 Å². The molecule has 5 atom stereocenters. The Bertz CT molecular complexity index is 553. The maximum absolute atomic E-state index is 10.5. The summed E-state index contributed by atoms with van der Waals surface area (Å²) in [7, 11) is 2.22. The summed E-state index contributed by atoms with van der Waals surface area (Å²) in [5.41, 5.74) is 1.62. The lowest BCUT2D eigenvalue weighted by atomic mass is 9.88. The summed E-state index contributed by atoms with van der Waals surface area (Å²) >= 11 is 0. The number of aliphatic hydroxyl groups excluding tert-OH is 2. The Balaban J connectivity index is 1.33. The van der Waals surface area contributed by atoms with Crippen LogP contribution in [-0.4, -0.2) is 72.0 Å². The number of rotatable bonds is 12. The van der Waals surface area contributed by atoms with Crippen molar-refractivity contribution in [1.29, 1.82) is 0 Å². The van der Waals surface area contributed by atoms with Crippen LogP contribution in [0.5, 0.6) is 0 Å². The molecule has 1 aliphatic heterocycles. The molecule has 2 aliphatic carbocycles. The Morgan fingerprint density at radius 2 is 1.90 bits per heavy atom. The van der Waals surface area contributed by atoms with Gasteiger partial charge in [0.25, 0.3) is 0 Å². The molecule has 0 spiro atoms. The Labute approximate surface area is 185 Å². The minimum Gasteiger partial charge on any atom is -0.392 e. The summed E-state index contributed by atoms with van der Waals surface area (Å²) in [5.74, 6) is 1.33. The largest absolute Gasteiger partial charge is 0.392 e. The first-order chi connectivity index (χ1) is 14.6. The highest BCUT2D eigenvalue weighted by Gasteiger charge is 2.43. The van der Waals surface area contributed by atoms with Gasteiger partial charge in [-0.05, 0) is 64.0 Å². The zero-order valence-electron chi connectivity index (χ0n) is 19.5. The highest BCUT2D eigenvalue weighted by Crippen LogP contribution is 2.48. The van der Waals surface area contributed by atoms with Gasteiger partial charge < -0.3 is 20.0 Å². The van der Waals surface area contributed by atoms with Gasteiger partial charge in [0.2, 0.25) is 0 Å². The second kappa shape index (κ2) is 12.4. The molecule has 3 aliphatic rings. The second-order valence-corrected chi connectivity index (χ2v) is 10.1. The molecule has 0 unspecified atom stereocenters. The molecule has 0 amide bonds. The normalized spacial score (nSPS) is 31.4. The van der Waals surface area contributed by atoms with E-state index < -0.39 is 0 Å². The average Bonchev–Trinajstić information content (AvgIpc) is 3.24. The molecular weight excluding hydrogens is 372 g/mol. The van der Waals surface area contributed by atoms with Crippen LogP contribution in [0.4, 0.5) is 0 Å². The molecule has 4 heteroatoms. The van der Waals surface area contributed by atoms with Crippen molar-refractivity contribution in [3.05, 3.63) is 23.8 Å². The molecule has 2 fully saturated rings. The van der Waals surface area contributed by atoms with Crippen molar-refractivity contribution in [1.82, 2.24) is 9.80 Å². The lowest BCUT2D eigenvalue weighted by Gasteiger charge is -2.32. The van der Waals surface area contributed by atoms with Crippen LogP contribution in [0.3, 0.4) is 0 Å². The quantitative estimate of drug-likeness (QED) is 0.368. The second-order valence-electron chi connectivity index (χ2n) is 10.1. The van der Waals surface area contributed by atoms with E-state index >= 15 is 0 Å². The van der Waals surface area contributed by atoms with Crippen LogP contribution >= 0.6 is 0 Å². The van der Waals surface area contributed by atoms with Gasteiger partial charge in [-0.25, -0.2) is 0 Å². The van der Waals surface area contributed by atoms with Gasteiger partial charge in [0.1, 0.15) is 0 Å². The van der Waals surface area contributed by atoms with Crippen molar-refractivity contribution in [3.8, 4) is 0 Å². The van der Waals surface area contributed by atoms with Gasteiger partial charge in [-0.3, -0.25) is 0 Å². The predicted molar refractivity (Wildman–Crippen MR) is 125 cm³/mol. The summed E-state index contributed by atoms with van der Waals surface area (Å²) in [4.78, 5) is 5.04. The van der Waals surface area contributed by atoms with E-state index in [1.165, 1.54) is 71.2 Å². The molecule has 2 N–H and O–H groups in total. The van der Waals surface area contributed by atoms with Crippen molar-refractivity contribution in [3.63, 3.8) is 0 Å². The van der Waals surface area contributed by atoms with Crippen LogP contribution in [0.2, 0.25) is 0 Å². The topological polar surface area (TPSA) is 46.9 Å². The number of fused-ring (bicyclic) bond motifs is 1. The molecule has 0 aromatic rings. The molecule has 1 heterocycles. The van der Waals surface area contributed by atoms with E-state index in [9.17, 15) is 10.2 Å². The standard InChI is InChI=1S/C26H46N2O2/c1-3-4-6-10-23(29)11-12-24-25-19-21(18-22(25)20-26(24)30)9-7-5-8-13-28-16-14-27(2)15-17-28/h11-12,18,22-26,29-30H,3-10,13-17,19-20H2,1-2H3/b12-11+/t22-,23-,24+,25-,26+/m0/s1. The molecule has 1 saturated carbocycles. The Kier molecular flexibility index (Phi) is 9.89. The molecular formula is C26H46N2O2. The summed E-state index contributed by atoms with van der Waals surface area (Å²) in [6, 6.07) is 0. The number of hydrogen-bond donors (Lipinski definition) is 2. The first-order valence-corrected chi connectivity index (χ1v) is 12.7. The van der Waals surface area contributed by atoms with E-state index in [2.05, 4.69) is 35.9 Å². The fourth-order valence-corrected chi connectivity index (χ4v) is 5.68. The maximum atomic E-state index is 10.5. The molecule has 0 radical (unpaired) electrons. The summed E-state index contributed by atoms with van der Waals surface area (Å²) in [5, 5.41) is 20.7. The van der Waals surface area contributed by atoms with Gasteiger partial charge in [-0.1, -0.05) is 56.4 Å². The van der Waals surface area contributed by atoms with Gasteiger partial charge in [-0.2, -0.15) is 0 Å². The number of aliphatic hydroxyl groups is 2. The predicted octanol–water partition coefficient (Wildman–Crippen LogP) is 4.23. The molecule has 172 valence electrons. The minimum atomic E-state index is -0.350. The number of unbranched alkanes of at least 4 members (excludes halogenated alkanes) is 4. The number of hydrogen-bond acceptors (Lipinski definition) is 4. The molecule has 0 aromatic heterocycles. The summed E-state index contributed by atoms with van der Waals surface area (Å²) in [6.07, 6.45) is 17.5. The van der Waals surface area contributed by atoms with E-state index in [4.69, 9.17) is 0 Å². The van der Waals surface area contributed by atoms with Crippen molar-refractivity contribution in [2.24, 2.45) is 17.8 Å². The number of nitrogens with zero attached hydrogens (tertiary/aromatic N) is 2. The molecule has 30 heavy (non-hydrogen) atoms. The fourth-order valence-electron chi connectivity index (χ4n) is 5.68. The smallest absolute Gasteiger partial charge is 0.0721 e. The molecule has 3 rings (SSSR count). The van der Waals surface area contributed by atoms with E-state index in [1.54, 1.807) is 5.57 Å². The SMILES string of the molecule is CCCCC[C@H](O)/C=C/[C@@H]1[C@H]2CC(CCCCCN3CCN(C)CC3)=C[C@H]2C[C@H]1O. The van der Waals surface area contributed by atoms with E-state index in [0.717, 1.165) is 25.7 Å². The molecule has 0 bridgehead atoms. The lowest BCUT2D eigenvalue weighted by Crippen LogP contribution is -2.44. The Morgan fingerprint density at radius 1 is 1.10 bits per heavy atom. The zero-order chi connectivity index (χ0) is 21.3. The van der Waals surface area contributed by atoms with Crippen LogP contribution in [-0.2, 0) is 0 Å². The van der Waals surface area contributed by atoms with Crippen LogP contribution in [0.25, 0.3) is 0 Å².